The van der Waals surface area contributed by atoms with Gasteiger partial charge in [-0.15, -0.1) is 0 Å². The minimum absolute atomic E-state index is 0.0825. The molecule has 0 aliphatic heterocycles. The Kier molecular flexibility index (Phi) is 9.70. The Bertz CT molecular complexity index is 1470. The molecular weight excluding hydrogens is 538 g/mol. The predicted molar refractivity (Wildman–Crippen MR) is 160 cm³/mol. The molecule has 0 radical (unpaired) electrons. The molecule has 4 rings (SSSR count). The number of nitrogens with one attached hydrogen (secondary N) is 1. The van der Waals surface area contributed by atoms with E-state index in [1.165, 1.54) is 17.0 Å². The molecule has 1 aliphatic rings. The summed E-state index contributed by atoms with van der Waals surface area (Å²) in [4.78, 5) is 29.0. The number of carbonyl (C=O) groups excluding carboxylic acids is 2. The monoisotopic (exact) mass is 577 g/mol. The van der Waals surface area contributed by atoms with Gasteiger partial charge in [0.25, 0.3) is 10.0 Å². The summed E-state index contributed by atoms with van der Waals surface area (Å²) < 4.78 is 34.4. The van der Waals surface area contributed by atoms with E-state index in [1.54, 1.807) is 44.4 Å². The Hall–Kier alpha value is -3.85. The zero-order valence-corrected chi connectivity index (χ0v) is 25.0. The first-order valence-electron chi connectivity index (χ1n) is 14.0. The van der Waals surface area contributed by atoms with Crippen LogP contribution in [0.5, 0.6) is 5.75 Å². The van der Waals surface area contributed by atoms with Crippen LogP contribution in [0.3, 0.4) is 0 Å². The minimum atomic E-state index is -4.10. The summed E-state index contributed by atoms with van der Waals surface area (Å²) in [7, 11) is -2.54. The van der Waals surface area contributed by atoms with Gasteiger partial charge in [0.15, 0.2) is 0 Å². The van der Waals surface area contributed by atoms with E-state index in [4.69, 9.17) is 4.74 Å². The second-order valence-corrected chi connectivity index (χ2v) is 12.5. The number of hydrogen-bond acceptors (Lipinski definition) is 5. The molecule has 1 aliphatic carbocycles. The van der Waals surface area contributed by atoms with Gasteiger partial charge >= 0.3 is 0 Å². The number of benzene rings is 3. The number of methoxy groups -OCH3 is 1. The lowest BCUT2D eigenvalue weighted by Crippen LogP contribution is -2.52. The van der Waals surface area contributed by atoms with Crippen molar-refractivity contribution in [1.29, 1.82) is 0 Å². The van der Waals surface area contributed by atoms with Gasteiger partial charge in [-0.1, -0.05) is 60.9 Å². The van der Waals surface area contributed by atoms with E-state index >= 15 is 0 Å². The largest absolute Gasteiger partial charge is 0.497 e. The van der Waals surface area contributed by atoms with Crippen molar-refractivity contribution in [2.75, 3.05) is 18.0 Å². The van der Waals surface area contributed by atoms with Crippen LogP contribution < -0.4 is 14.4 Å². The molecule has 1 saturated carbocycles. The highest BCUT2D eigenvalue weighted by atomic mass is 32.2. The SMILES string of the molecule is COc1cccc(CN(C(=O)CN(c2ccc(C)cc2C)S(=O)(=O)c2ccccc2)[C@H](C)C(=O)NC2CCCC2)c1. The molecule has 0 aromatic heterocycles. The van der Waals surface area contributed by atoms with Crippen molar-refractivity contribution in [1.82, 2.24) is 10.2 Å². The number of carbonyl (C=O) groups is 2. The molecule has 0 heterocycles. The second-order valence-electron chi connectivity index (χ2n) is 10.7. The molecular formula is C32H39N3O5S. The maximum atomic E-state index is 14.1. The summed E-state index contributed by atoms with van der Waals surface area (Å²) in [5, 5.41) is 3.09. The normalized spacial score (nSPS) is 14.3. The lowest BCUT2D eigenvalue weighted by molar-refractivity contribution is -0.139. The van der Waals surface area contributed by atoms with Crippen LogP contribution in [0.2, 0.25) is 0 Å². The number of nitrogens with zero attached hydrogens (tertiary/aromatic N) is 2. The van der Waals surface area contributed by atoms with E-state index in [9.17, 15) is 18.0 Å². The number of anilines is 1. The third kappa shape index (κ3) is 7.27. The summed E-state index contributed by atoms with van der Waals surface area (Å²) >= 11 is 0. The van der Waals surface area contributed by atoms with Gasteiger partial charge in [-0.2, -0.15) is 0 Å². The summed E-state index contributed by atoms with van der Waals surface area (Å²) in [6.07, 6.45) is 3.96. The molecule has 8 nitrogen and oxygen atoms in total. The molecule has 1 fully saturated rings. The standard InChI is InChI=1S/C32H39N3O5S/c1-23-17-18-30(24(2)19-23)35(41(38,39)29-15-6-5-7-16-29)22-31(36)34(21-26-11-10-14-28(20-26)40-4)25(3)32(37)33-27-12-8-9-13-27/h5-7,10-11,14-20,25,27H,8-9,12-13,21-22H2,1-4H3,(H,33,37)/t25-/m1/s1. The van der Waals surface area contributed by atoms with Crippen LogP contribution >= 0.6 is 0 Å². The van der Waals surface area contributed by atoms with Gasteiger partial charge in [-0.25, -0.2) is 8.42 Å². The average molecular weight is 578 g/mol. The summed E-state index contributed by atoms with van der Waals surface area (Å²) in [5.74, 6) is -0.111. The topological polar surface area (TPSA) is 96.0 Å². The zero-order valence-electron chi connectivity index (χ0n) is 24.2. The fourth-order valence-corrected chi connectivity index (χ4v) is 6.76. The molecule has 0 saturated heterocycles. The van der Waals surface area contributed by atoms with E-state index < -0.39 is 28.5 Å². The highest BCUT2D eigenvalue weighted by Gasteiger charge is 2.33. The highest BCUT2D eigenvalue weighted by Crippen LogP contribution is 2.28. The Labute approximate surface area is 243 Å². The first-order chi connectivity index (χ1) is 19.6. The van der Waals surface area contributed by atoms with Gasteiger partial charge in [-0.05, 0) is 75.1 Å². The van der Waals surface area contributed by atoms with Crippen molar-refractivity contribution >= 4 is 27.5 Å². The van der Waals surface area contributed by atoms with Crippen LogP contribution in [0.4, 0.5) is 5.69 Å². The summed E-state index contributed by atoms with van der Waals surface area (Å²) in [6.45, 7) is 5.09. The summed E-state index contributed by atoms with van der Waals surface area (Å²) in [6, 6.07) is 20.1. The van der Waals surface area contributed by atoms with E-state index in [1.807, 2.05) is 44.2 Å². The highest BCUT2D eigenvalue weighted by molar-refractivity contribution is 7.92. The molecule has 1 atom stereocenters. The van der Waals surface area contributed by atoms with Gasteiger partial charge in [0.05, 0.1) is 17.7 Å². The van der Waals surface area contributed by atoms with Crippen LogP contribution in [0.25, 0.3) is 0 Å². The van der Waals surface area contributed by atoms with Crippen LogP contribution in [0, 0.1) is 13.8 Å². The molecule has 0 bridgehead atoms. The maximum Gasteiger partial charge on any atom is 0.264 e. The third-order valence-electron chi connectivity index (χ3n) is 7.59. The number of aryl methyl sites for hydroxylation is 2. The molecule has 3 aromatic carbocycles. The van der Waals surface area contributed by atoms with E-state index in [0.29, 0.717) is 11.4 Å². The molecule has 9 heteroatoms. The lowest BCUT2D eigenvalue weighted by Gasteiger charge is -2.33. The second kappa shape index (κ2) is 13.2. The molecule has 218 valence electrons. The van der Waals surface area contributed by atoms with Crippen LogP contribution in [0.15, 0.2) is 77.7 Å². The van der Waals surface area contributed by atoms with Crippen molar-refractivity contribution in [3.8, 4) is 5.75 Å². The van der Waals surface area contributed by atoms with Gasteiger partial charge in [0, 0.05) is 12.6 Å². The Morgan fingerprint density at radius 1 is 0.976 bits per heavy atom. The van der Waals surface area contributed by atoms with Gasteiger partial charge < -0.3 is 15.0 Å². The zero-order chi connectivity index (χ0) is 29.6. The predicted octanol–water partition coefficient (Wildman–Crippen LogP) is 4.98. The Morgan fingerprint density at radius 3 is 2.34 bits per heavy atom. The Morgan fingerprint density at radius 2 is 1.68 bits per heavy atom. The van der Waals surface area contributed by atoms with E-state index in [0.717, 1.165) is 46.7 Å². The van der Waals surface area contributed by atoms with E-state index in [2.05, 4.69) is 5.32 Å². The first-order valence-corrected chi connectivity index (χ1v) is 15.4. The molecule has 2 amide bonds. The molecule has 1 N–H and O–H groups in total. The van der Waals surface area contributed by atoms with Crippen LogP contribution in [-0.2, 0) is 26.2 Å². The van der Waals surface area contributed by atoms with Crippen molar-refractivity contribution in [2.24, 2.45) is 0 Å². The number of hydrogen-bond donors (Lipinski definition) is 1. The fourth-order valence-electron chi connectivity index (χ4n) is 5.26. The fraction of sp³-hybridized carbons (Fsp3) is 0.375. The molecule has 0 unspecified atom stereocenters. The molecule has 41 heavy (non-hydrogen) atoms. The van der Waals surface area contributed by atoms with Crippen LogP contribution in [-0.4, -0.2) is 50.9 Å². The average Bonchev–Trinajstić information content (AvgIpc) is 3.48. The first kappa shape index (κ1) is 30.1. The van der Waals surface area contributed by atoms with Crippen molar-refractivity contribution in [3.05, 3.63) is 89.5 Å². The van der Waals surface area contributed by atoms with Gasteiger partial charge in [0.1, 0.15) is 18.3 Å². The summed E-state index contributed by atoms with van der Waals surface area (Å²) in [5.41, 5.74) is 2.88. The number of amides is 2. The van der Waals surface area contributed by atoms with Crippen molar-refractivity contribution in [2.45, 2.75) is 70.0 Å². The van der Waals surface area contributed by atoms with Crippen molar-refractivity contribution < 1.29 is 22.7 Å². The Balaban J connectivity index is 1.71. The minimum Gasteiger partial charge on any atom is -0.497 e. The molecule has 3 aromatic rings. The third-order valence-corrected chi connectivity index (χ3v) is 9.36. The lowest BCUT2D eigenvalue weighted by atomic mass is 10.1. The van der Waals surface area contributed by atoms with E-state index in [-0.39, 0.29) is 23.4 Å². The van der Waals surface area contributed by atoms with Gasteiger partial charge in [0.2, 0.25) is 11.8 Å². The number of sulfonamides is 1. The quantitative estimate of drug-likeness (QED) is 0.347. The van der Waals surface area contributed by atoms with Crippen LogP contribution in [0.1, 0.15) is 49.3 Å². The smallest absolute Gasteiger partial charge is 0.264 e. The molecule has 0 spiro atoms. The number of rotatable bonds is 11. The van der Waals surface area contributed by atoms with Crippen molar-refractivity contribution in [3.63, 3.8) is 0 Å². The number of ether oxygens (including phenoxy) is 1. The maximum absolute atomic E-state index is 14.1. The van der Waals surface area contributed by atoms with Gasteiger partial charge in [-0.3, -0.25) is 13.9 Å².